The lowest BCUT2D eigenvalue weighted by atomic mass is 9.77. The van der Waals surface area contributed by atoms with E-state index in [0.29, 0.717) is 11.1 Å². The van der Waals surface area contributed by atoms with E-state index in [1.54, 1.807) is 70.4 Å². The predicted octanol–water partition coefficient (Wildman–Crippen LogP) is 7.64. The summed E-state index contributed by atoms with van der Waals surface area (Å²) in [5, 5.41) is 26.2. The standard InChI is InChI=1S/C45H52N2O10/c1-21-15-13-16-22(2)43(52)47-34-37(50)31-30(33-41(34)54-29-18-12-11-17-27(29)46-33)32-40(25(5)36(31)49)57-45(9,42(32)51)20-14-19-28(53-10)23(3)35(48)24(4)39-26(6)38(21)55-44(7,8)56-39/h11-19,21,23-24,26,28,35,38-39,48-49H,20H2,1-10H3,(H,47,52)/b15-13+,19-14+,22-16-/t21-,23+,24-,26+,28-,35+,38?,39-,45+/m0/s1. The van der Waals surface area contributed by atoms with Gasteiger partial charge in [0.25, 0.3) is 5.91 Å². The van der Waals surface area contributed by atoms with Gasteiger partial charge in [-0.15, -0.1) is 0 Å². The van der Waals surface area contributed by atoms with Gasteiger partial charge in [-0.3, -0.25) is 14.4 Å². The maximum atomic E-state index is 14.6. The minimum Gasteiger partial charge on any atom is -0.507 e. The van der Waals surface area contributed by atoms with Crippen molar-refractivity contribution in [2.24, 2.45) is 23.7 Å². The number of nitrogens with one attached hydrogen (secondary N) is 1. The number of allylic oxidation sites excluding steroid dienone is 2. The molecule has 1 fully saturated rings. The molecule has 5 heterocycles. The molecule has 3 N–H and O–H groups in total. The number of carbonyl (C=O) groups is 2. The number of ether oxygens (including phenoxy) is 4. The van der Waals surface area contributed by atoms with E-state index >= 15 is 0 Å². The fourth-order valence-corrected chi connectivity index (χ4v) is 8.75. The molecule has 1 aliphatic carbocycles. The van der Waals surface area contributed by atoms with E-state index < -0.39 is 46.5 Å². The Morgan fingerprint density at radius 3 is 2.35 bits per heavy atom. The Bertz CT molecular complexity index is 2390. The van der Waals surface area contributed by atoms with Crippen LogP contribution in [-0.4, -0.2) is 69.8 Å². The Balaban J connectivity index is 1.42. The first kappa shape index (κ1) is 40.3. The molecule has 7 bridgehead atoms. The molecule has 5 aliphatic heterocycles. The summed E-state index contributed by atoms with van der Waals surface area (Å²) in [5.41, 5.74) is -0.949. The zero-order chi connectivity index (χ0) is 41.3. The summed E-state index contributed by atoms with van der Waals surface area (Å²) in [5.74, 6) is -3.18. The van der Waals surface area contributed by atoms with E-state index in [4.69, 9.17) is 28.3 Å². The second-order valence-corrected chi connectivity index (χ2v) is 16.7. The molecule has 0 saturated carbocycles. The number of benzene rings is 3. The summed E-state index contributed by atoms with van der Waals surface area (Å²) in [6.45, 7) is 16.6. The number of nitrogens with zero attached hydrogens (tertiary/aromatic N) is 1. The van der Waals surface area contributed by atoms with Crippen molar-refractivity contribution in [3.63, 3.8) is 0 Å². The van der Waals surface area contributed by atoms with Gasteiger partial charge in [-0.2, -0.15) is 0 Å². The van der Waals surface area contributed by atoms with Crippen LogP contribution in [0.25, 0.3) is 33.3 Å². The van der Waals surface area contributed by atoms with Gasteiger partial charge in [-0.25, -0.2) is 4.98 Å². The second-order valence-electron chi connectivity index (χ2n) is 16.7. The van der Waals surface area contributed by atoms with Crippen LogP contribution in [0.15, 0.2) is 69.4 Å². The van der Waals surface area contributed by atoms with Crippen LogP contribution in [0.4, 0.5) is 5.69 Å². The number of aromatic nitrogens is 1. The number of amides is 1. The minimum absolute atomic E-state index is 0.0507. The Labute approximate surface area is 331 Å². The molecule has 8 rings (SSSR count). The van der Waals surface area contributed by atoms with Crippen LogP contribution in [0, 0.1) is 30.6 Å². The number of para-hydroxylation sites is 2. The topological polar surface area (TPSA) is 167 Å². The average molecular weight is 781 g/mol. The highest BCUT2D eigenvalue weighted by Crippen LogP contribution is 2.51. The summed E-state index contributed by atoms with van der Waals surface area (Å²) in [4.78, 5) is 47.9. The number of hydrogen-bond acceptors (Lipinski definition) is 11. The van der Waals surface area contributed by atoms with Crippen LogP contribution in [0.5, 0.6) is 11.5 Å². The fourth-order valence-electron chi connectivity index (χ4n) is 8.75. The van der Waals surface area contributed by atoms with E-state index in [0.717, 1.165) is 0 Å². The van der Waals surface area contributed by atoms with Crippen molar-refractivity contribution in [1.82, 2.24) is 4.98 Å². The molecule has 0 radical (unpaired) electrons. The fraction of sp³-hybridized carbons (Fsp3) is 0.467. The van der Waals surface area contributed by atoms with Gasteiger partial charge in [-0.1, -0.05) is 70.2 Å². The molecule has 9 atom stereocenters. The van der Waals surface area contributed by atoms with Crippen LogP contribution < -0.4 is 15.5 Å². The summed E-state index contributed by atoms with van der Waals surface area (Å²) in [6.07, 6.45) is 7.08. The third-order valence-electron chi connectivity index (χ3n) is 12.1. The maximum absolute atomic E-state index is 14.6. The molecule has 12 heteroatoms. The van der Waals surface area contributed by atoms with Gasteiger partial charge in [0.05, 0.1) is 35.4 Å². The van der Waals surface area contributed by atoms with Crippen molar-refractivity contribution < 1.29 is 43.2 Å². The zero-order valence-corrected chi connectivity index (χ0v) is 34.1. The molecular weight excluding hydrogens is 728 g/mol. The van der Waals surface area contributed by atoms with Gasteiger partial charge < -0.3 is 38.9 Å². The summed E-state index contributed by atoms with van der Waals surface area (Å²) in [6, 6.07) is 6.95. The molecule has 6 aliphatic rings. The number of ketones is 1. The number of carbonyl (C=O) groups excluding carboxylic acids is 2. The van der Waals surface area contributed by atoms with Crippen molar-refractivity contribution in [1.29, 1.82) is 0 Å². The van der Waals surface area contributed by atoms with Crippen molar-refractivity contribution >= 4 is 39.2 Å². The number of aromatic hydroxyl groups is 1. The van der Waals surface area contributed by atoms with Crippen LogP contribution >= 0.6 is 0 Å². The summed E-state index contributed by atoms with van der Waals surface area (Å²) < 4.78 is 31.6. The Hall–Kier alpha value is -4.88. The van der Waals surface area contributed by atoms with Gasteiger partial charge in [0, 0.05) is 53.7 Å². The smallest absolute Gasteiger partial charge is 0.251 e. The normalized spacial score (nSPS) is 32.9. The average Bonchev–Trinajstić information content (AvgIpc) is 3.44. The van der Waals surface area contributed by atoms with E-state index in [2.05, 4.69) is 12.2 Å². The van der Waals surface area contributed by atoms with Crippen molar-refractivity contribution in [3.8, 4) is 23.0 Å². The van der Waals surface area contributed by atoms with Crippen LogP contribution in [-0.2, 0) is 19.0 Å². The van der Waals surface area contributed by atoms with Crippen molar-refractivity contribution in [2.75, 3.05) is 12.4 Å². The third-order valence-corrected chi connectivity index (χ3v) is 12.1. The first-order valence-electron chi connectivity index (χ1n) is 19.6. The largest absolute Gasteiger partial charge is 0.507 e. The molecule has 2 aromatic carbocycles. The van der Waals surface area contributed by atoms with Crippen molar-refractivity contribution in [3.05, 3.63) is 81.6 Å². The van der Waals surface area contributed by atoms with Gasteiger partial charge in [0.15, 0.2) is 22.7 Å². The minimum atomic E-state index is -1.44. The molecule has 1 amide bonds. The predicted molar refractivity (Wildman–Crippen MR) is 217 cm³/mol. The maximum Gasteiger partial charge on any atom is 0.251 e. The number of anilines is 1. The highest BCUT2D eigenvalue weighted by Gasteiger charge is 2.49. The Morgan fingerprint density at radius 2 is 1.63 bits per heavy atom. The van der Waals surface area contributed by atoms with Gasteiger partial charge >= 0.3 is 0 Å². The number of fused-ring (bicyclic) bond motifs is 10. The summed E-state index contributed by atoms with van der Waals surface area (Å²) >= 11 is 0. The lowest BCUT2D eigenvalue weighted by molar-refractivity contribution is -0.336. The molecule has 302 valence electrons. The second kappa shape index (κ2) is 14.8. The lowest BCUT2D eigenvalue weighted by Gasteiger charge is -2.49. The SMILES string of the molecule is CO[C@H]1/C=C/C[C@@]2(C)Oc3c(C)c(O)c4c(=O)c(c5oc6ccccc6nc-5c4c3C2=O)NC(=O)/C(C)=C\C=C\[C@H](C)C2OC(C)(C)O[C@@H]([C@@H](C)[C@H](O)[C@@H]1C)[C@@H]2C. The number of phenols is 1. The molecule has 0 aromatic heterocycles. The van der Waals surface area contributed by atoms with Gasteiger partial charge in [0.2, 0.25) is 11.2 Å². The highest BCUT2D eigenvalue weighted by atomic mass is 16.7. The molecule has 57 heavy (non-hydrogen) atoms. The number of aliphatic hydroxyl groups is 1. The monoisotopic (exact) mass is 780 g/mol. The van der Waals surface area contributed by atoms with E-state index in [1.165, 1.54) is 0 Å². The quantitative estimate of drug-likeness (QED) is 0.0987. The number of methoxy groups -OCH3 is 1. The van der Waals surface area contributed by atoms with Gasteiger partial charge in [-0.05, 0) is 46.8 Å². The molecule has 0 spiro atoms. The first-order valence-corrected chi connectivity index (χ1v) is 19.6. The van der Waals surface area contributed by atoms with E-state index in [-0.39, 0.29) is 92.7 Å². The molecule has 1 saturated heterocycles. The number of rotatable bonds is 1. The first-order chi connectivity index (χ1) is 26.9. The number of hydrogen-bond donors (Lipinski definition) is 3. The lowest BCUT2D eigenvalue weighted by Crippen LogP contribution is -2.56. The van der Waals surface area contributed by atoms with Crippen LogP contribution in [0.1, 0.15) is 77.7 Å². The van der Waals surface area contributed by atoms with E-state index in [1.807, 2.05) is 46.8 Å². The number of Topliss-reactive ketones (excluding diaryl/α,β-unsaturated/α-hetero) is 1. The number of aliphatic hydroxyl groups excluding tert-OH is 1. The molecule has 2 aromatic rings. The Kier molecular flexibility index (Phi) is 10.5. The van der Waals surface area contributed by atoms with Crippen LogP contribution in [0.2, 0.25) is 0 Å². The number of phenolic OH excluding ortho intramolecular Hbond substituents is 1. The molecule has 12 nitrogen and oxygen atoms in total. The van der Waals surface area contributed by atoms with Crippen molar-refractivity contribution in [2.45, 2.75) is 105 Å². The molecular formula is C45H52N2O10. The highest BCUT2D eigenvalue weighted by molar-refractivity contribution is 6.22. The van der Waals surface area contributed by atoms with Gasteiger partial charge in [0.1, 0.15) is 28.4 Å². The summed E-state index contributed by atoms with van der Waals surface area (Å²) in [7, 11) is 1.58. The molecule has 1 unspecified atom stereocenters. The zero-order valence-electron chi connectivity index (χ0n) is 34.1. The third kappa shape index (κ3) is 6.86. The Morgan fingerprint density at radius 1 is 0.930 bits per heavy atom. The van der Waals surface area contributed by atoms with E-state index in [9.17, 15) is 24.6 Å². The van der Waals surface area contributed by atoms with Crippen LogP contribution in [0.3, 0.4) is 0 Å².